The maximum atomic E-state index is 10.3. The van der Waals surface area contributed by atoms with Crippen molar-refractivity contribution in [1.82, 2.24) is 0 Å². The molecule has 0 bridgehead atoms. The van der Waals surface area contributed by atoms with Crippen molar-refractivity contribution in [3.8, 4) is 0 Å². The maximum Gasteiger partial charge on any atom is 0.0935 e. The number of halogens is 1. The summed E-state index contributed by atoms with van der Waals surface area (Å²) in [7, 11) is 0. The van der Waals surface area contributed by atoms with Crippen LogP contribution in [0.25, 0.3) is 0 Å². The SMILES string of the molecule is CCON(N=O)c1ccc(Br)cc1. The van der Waals surface area contributed by atoms with Gasteiger partial charge in [0.1, 0.15) is 0 Å². The van der Waals surface area contributed by atoms with Gasteiger partial charge in [0.15, 0.2) is 0 Å². The van der Waals surface area contributed by atoms with Crippen LogP contribution in [-0.4, -0.2) is 6.61 Å². The molecular weight excluding hydrogens is 236 g/mol. The summed E-state index contributed by atoms with van der Waals surface area (Å²) in [5, 5.41) is 3.67. The van der Waals surface area contributed by atoms with Crippen LogP contribution in [0.2, 0.25) is 0 Å². The molecule has 0 aliphatic rings. The van der Waals surface area contributed by atoms with Crippen LogP contribution >= 0.6 is 15.9 Å². The molecule has 0 heterocycles. The Hall–Kier alpha value is -0.940. The zero-order valence-corrected chi connectivity index (χ0v) is 8.69. The second-order valence-corrected chi connectivity index (χ2v) is 3.16. The molecule has 0 unspecified atom stereocenters. The minimum Gasteiger partial charge on any atom is -0.250 e. The number of hydrogen-bond acceptors (Lipinski definition) is 3. The van der Waals surface area contributed by atoms with E-state index >= 15 is 0 Å². The largest absolute Gasteiger partial charge is 0.250 e. The fraction of sp³-hybridized carbons (Fsp3) is 0.250. The monoisotopic (exact) mass is 244 g/mol. The summed E-state index contributed by atoms with van der Waals surface area (Å²) in [5.74, 6) is 0. The summed E-state index contributed by atoms with van der Waals surface area (Å²) in [5.41, 5.74) is 0.611. The first-order chi connectivity index (χ1) is 6.27. The van der Waals surface area contributed by atoms with Gasteiger partial charge in [-0.1, -0.05) is 15.9 Å². The minimum absolute atomic E-state index is 0.405. The summed E-state index contributed by atoms with van der Waals surface area (Å²) >= 11 is 3.29. The molecule has 4 nitrogen and oxygen atoms in total. The molecule has 1 aromatic carbocycles. The van der Waals surface area contributed by atoms with Crippen molar-refractivity contribution >= 4 is 21.6 Å². The second kappa shape index (κ2) is 4.94. The van der Waals surface area contributed by atoms with Crippen molar-refractivity contribution < 1.29 is 4.84 Å². The van der Waals surface area contributed by atoms with Gasteiger partial charge in [0, 0.05) is 4.47 Å². The van der Waals surface area contributed by atoms with Crippen molar-refractivity contribution in [2.75, 3.05) is 11.8 Å². The van der Waals surface area contributed by atoms with Gasteiger partial charge in [-0.15, -0.1) is 10.1 Å². The summed E-state index contributed by atoms with van der Waals surface area (Å²) in [6.45, 7) is 2.19. The molecule has 5 heteroatoms. The molecule has 0 radical (unpaired) electrons. The third kappa shape index (κ3) is 2.78. The second-order valence-electron chi connectivity index (χ2n) is 2.25. The van der Waals surface area contributed by atoms with Gasteiger partial charge in [-0.3, -0.25) is 0 Å². The van der Waals surface area contributed by atoms with Crippen molar-refractivity contribution in [3.05, 3.63) is 33.6 Å². The van der Waals surface area contributed by atoms with Gasteiger partial charge in [0.25, 0.3) is 0 Å². The molecule has 0 aliphatic heterocycles. The molecule has 0 saturated heterocycles. The molecule has 0 atom stereocenters. The van der Waals surface area contributed by atoms with E-state index in [1.165, 1.54) is 0 Å². The lowest BCUT2D eigenvalue weighted by molar-refractivity contribution is 0.121. The van der Waals surface area contributed by atoms with Crippen LogP contribution in [0.3, 0.4) is 0 Å². The Morgan fingerprint density at radius 3 is 2.54 bits per heavy atom. The Morgan fingerprint density at radius 2 is 2.08 bits per heavy atom. The highest BCUT2D eigenvalue weighted by molar-refractivity contribution is 9.10. The lowest BCUT2D eigenvalue weighted by atomic mass is 10.3. The summed E-state index contributed by atoms with van der Waals surface area (Å²) < 4.78 is 0.943. The van der Waals surface area contributed by atoms with E-state index in [1.54, 1.807) is 19.1 Å². The lowest BCUT2D eigenvalue weighted by Gasteiger charge is -2.12. The highest BCUT2D eigenvalue weighted by atomic mass is 79.9. The zero-order valence-electron chi connectivity index (χ0n) is 7.11. The first-order valence-corrected chi connectivity index (χ1v) is 4.59. The molecule has 0 spiro atoms. The third-order valence-electron chi connectivity index (χ3n) is 1.37. The number of benzene rings is 1. The third-order valence-corrected chi connectivity index (χ3v) is 1.90. The van der Waals surface area contributed by atoms with Gasteiger partial charge in [-0.05, 0) is 31.2 Å². The lowest BCUT2D eigenvalue weighted by Crippen LogP contribution is -2.15. The summed E-state index contributed by atoms with van der Waals surface area (Å²) in [6.07, 6.45) is 0. The molecule has 0 saturated carbocycles. The summed E-state index contributed by atoms with van der Waals surface area (Å²) in [4.78, 5) is 15.3. The van der Waals surface area contributed by atoms with Gasteiger partial charge in [0.05, 0.1) is 17.6 Å². The van der Waals surface area contributed by atoms with Crippen molar-refractivity contribution in [1.29, 1.82) is 0 Å². The maximum absolute atomic E-state index is 10.3. The Kier molecular flexibility index (Phi) is 3.85. The molecule has 70 valence electrons. The Morgan fingerprint density at radius 1 is 1.46 bits per heavy atom. The molecule has 0 aromatic heterocycles. The Labute approximate surface area is 84.5 Å². The number of nitroso groups, excluding NO2 is 1. The predicted molar refractivity (Wildman–Crippen MR) is 54.0 cm³/mol. The fourth-order valence-corrected chi connectivity index (χ4v) is 1.10. The van der Waals surface area contributed by atoms with Crippen LogP contribution < -0.4 is 5.17 Å². The molecule has 0 N–H and O–H groups in total. The standard InChI is InChI=1S/C8H9BrN2O2/c1-2-13-11(10-12)8-5-3-7(9)4-6-8/h3-6H,2H2,1H3. The van der Waals surface area contributed by atoms with Gasteiger partial charge in [0.2, 0.25) is 0 Å². The van der Waals surface area contributed by atoms with Crippen molar-refractivity contribution in [2.45, 2.75) is 6.92 Å². The van der Waals surface area contributed by atoms with E-state index in [0.717, 1.165) is 9.64 Å². The summed E-state index contributed by atoms with van der Waals surface area (Å²) in [6, 6.07) is 7.10. The van der Waals surface area contributed by atoms with Crippen LogP contribution in [-0.2, 0) is 4.84 Å². The number of hydrogen-bond donors (Lipinski definition) is 0. The van der Waals surface area contributed by atoms with E-state index in [0.29, 0.717) is 12.3 Å². The van der Waals surface area contributed by atoms with E-state index in [-0.39, 0.29) is 0 Å². The van der Waals surface area contributed by atoms with Crippen molar-refractivity contribution in [3.63, 3.8) is 0 Å². The highest BCUT2D eigenvalue weighted by Gasteiger charge is 2.04. The molecule has 0 amide bonds. The van der Waals surface area contributed by atoms with E-state index in [4.69, 9.17) is 4.84 Å². The zero-order chi connectivity index (χ0) is 9.68. The average molecular weight is 245 g/mol. The minimum atomic E-state index is 0.405. The van der Waals surface area contributed by atoms with Crippen LogP contribution in [0, 0.1) is 4.91 Å². The first-order valence-electron chi connectivity index (χ1n) is 3.79. The van der Waals surface area contributed by atoms with Crippen LogP contribution in [0.5, 0.6) is 0 Å². The van der Waals surface area contributed by atoms with E-state index < -0.39 is 0 Å². The number of anilines is 1. The topological polar surface area (TPSA) is 41.9 Å². The fourth-order valence-electron chi connectivity index (χ4n) is 0.836. The molecule has 13 heavy (non-hydrogen) atoms. The number of nitrogens with zero attached hydrogens (tertiary/aromatic N) is 2. The quantitative estimate of drug-likeness (QED) is 0.605. The normalized spacial score (nSPS) is 9.69. The average Bonchev–Trinajstić information content (AvgIpc) is 2.16. The highest BCUT2D eigenvalue weighted by Crippen LogP contribution is 2.18. The Bertz CT molecular complexity index is 276. The molecule has 0 fully saturated rings. The molecule has 1 aromatic rings. The van der Waals surface area contributed by atoms with Gasteiger partial charge in [-0.2, -0.15) is 0 Å². The first kappa shape index (κ1) is 10.1. The van der Waals surface area contributed by atoms with Gasteiger partial charge >= 0.3 is 0 Å². The van der Waals surface area contributed by atoms with Crippen LogP contribution in [0.1, 0.15) is 6.92 Å². The molecule has 1 rings (SSSR count). The van der Waals surface area contributed by atoms with E-state index in [2.05, 4.69) is 21.2 Å². The molecular formula is C8H9BrN2O2. The van der Waals surface area contributed by atoms with E-state index in [1.807, 2.05) is 12.1 Å². The van der Waals surface area contributed by atoms with Crippen LogP contribution in [0.4, 0.5) is 5.69 Å². The predicted octanol–water partition coefficient (Wildman–Crippen LogP) is 2.89. The van der Waals surface area contributed by atoms with Gasteiger partial charge in [-0.25, -0.2) is 4.84 Å². The Balaban J connectivity index is 2.79. The van der Waals surface area contributed by atoms with Crippen molar-refractivity contribution in [2.24, 2.45) is 5.29 Å². The van der Waals surface area contributed by atoms with Crippen LogP contribution in [0.15, 0.2) is 34.0 Å². The van der Waals surface area contributed by atoms with E-state index in [9.17, 15) is 4.91 Å². The van der Waals surface area contributed by atoms with Gasteiger partial charge < -0.3 is 0 Å². The number of rotatable bonds is 4. The molecule has 0 aliphatic carbocycles. The smallest absolute Gasteiger partial charge is 0.0935 e.